The van der Waals surface area contributed by atoms with Gasteiger partial charge in [0.1, 0.15) is 0 Å². The molecule has 0 saturated heterocycles. The molecular weight excluding hydrogens is 392 g/mol. The van der Waals surface area contributed by atoms with Crippen LogP contribution in [0.5, 0.6) is 0 Å². The number of hydrogen-bond acceptors (Lipinski definition) is 5. The number of nitrogens with two attached hydrogens (primary N) is 1. The largest absolute Gasteiger partial charge is 0.503 e. The van der Waals surface area contributed by atoms with Crippen molar-refractivity contribution in [2.45, 2.75) is 31.7 Å². The lowest BCUT2D eigenvalue weighted by Crippen LogP contribution is -2.32. The molecule has 0 aromatic heterocycles. The molecule has 1 aliphatic heterocycles. The smallest absolute Gasteiger partial charge is 0.294 e. The van der Waals surface area contributed by atoms with Crippen molar-refractivity contribution >= 4 is 27.4 Å². The van der Waals surface area contributed by atoms with Gasteiger partial charge in [-0.3, -0.25) is 14.5 Å². The van der Waals surface area contributed by atoms with E-state index < -0.39 is 33.1 Å². The number of carbonyl (C=O) groups is 2. The molecule has 2 aromatic rings. The Morgan fingerprint density at radius 1 is 1.03 bits per heavy atom. The van der Waals surface area contributed by atoms with E-state index >= 15 is 0 Å². The summed E-state index contributed by atoms with van der Waals surface area (Å²) in [4.78, 5) is 27.2. The fraction of sp³-hybridized carbons (Fsp3) is 0.238. The summed E-state index contributed by atoms with van der Waals surface area (Å²) in [5.41, 5.74) is 0.182. The number of rotatable bonds is 4. The molecule has 152 valence electrons. The minimum atomic E-state index is -3.89. The Hall–Kier alpha value is -2.97. The summed E-state index contributed by atoms with van der Waals surface area (Å²) in [5.74, 6) is -1.68. The maximum absolute atomic E-state index is 13.1. The molecule has 0 bridgehead atoms. The van der Waals surface area contributed by atoms with Crippen molar-refractivity contribution in [2.24, 2.45) is 10.6 Å². The zero-order valence-corrected chi connectivity index (χ0v) is 17.1. The number of amides is 1. The normalized spacial score (nSPS) is 17.7. The first-order chi connectivity index (χ1) is 13.4. The van der Waals surface area contributed by atoms with Crippen LogP contribution in [0, 0.1) is 5.41 Å². The summed E-state index contributed by atoms with van der Waals surface area (Å²) in [5, 5.41) is 15.7. The number of ketones is 1. The molecule has 3 N–H and O–H groups in total. The van der Waals surface area contributed by atoms with Crippen LogP contribution >= 0.6 is 0 Å². The molecule has 1 aliphatic rings. The summed E-state index contributed by atoms with van der Waals surface area (Å²) in [6, 6.07) is 13.4. The molecule has 8 heteroatoms. The van der Waals surface area contributed by atoms with Gasteiger partial charge in [-0.2, -0.15) is 0 Å². The number of aliphatic hydroxyl groups is 1. The van der Waals surface area contributed by atoms with Crippen LogP contribution in [-0.2, 0) is 19.6 Å². The zero-order valence-electron chi connectivity index (χ0n) is 16.3. The molecule has 0 saturated carbocycles. The van der Waals surface area contributed by atoms with E-state index in [2.05, 4.69) is 0 Å². The number of anilines is 1. The molecule has 1 atom stereocenters. The number of sulfonamides is 1. The Morgan fingerprint density at radius 2 is 1.59 bits per heavy atom. The van der Waals surface area contributed by atoms with Crippen molar-refractivity contribution in [1.29, 1.82) is 0 Å². The van der Waals surface area contributed by atoms with Gasteiger partial charge < -0.3 is 5.11 Å². The molecule has 0 radical (unpaired) electrons. The fourth-order valence-electron chi connectivity index (χ4n) is 3.25. The lowest BCUT2D eigenvalue weighted by molar-refractivity contribution is -0.123. The van der Waals surface area contributed by atoms with Gasteiger partial charge in [-0.25, -0.2) is 13.6 Å². The quantitative estimate of drug-likeness (QED) is 0.798. The lowest BCUT2D eigenvalue weighted by atomic mass is 9.82. The van der Waals surface area contributed by atoms with E-state index in [1.165, 1.54) is 29.2 Å². The van der Waals surface area contributed by atoms with Gasteiger partial charge in [0, 0.05) is 11.1 Å². The van der Waals surface area contributed by atoms with Crippen molar-refractivity contribution in [3.8, 4) is 0 Å². The highest BCUT2D eigenvalue weighted by molar-refractivity contribution is 7.89. The first-order valence-electron chi connectivity index (χ1n) is 8.92. The van der Waals surface area contributed by atoms with Crippen molar-refractivity contribution in [1.82, 2.24) is 0 Å². The molecule has 3 rings (SSSR count). The highest BCUT2D eigenvalue weighted by Crippen LogP contribution is 2.43. The number of hydrogen-bond donors (Lipinski definition) is 2. The fourth-order valence-corrected chi connectivity index (χ4v) is 3.77. The van der Waals surface area contributed by atoms with E-state index in [9.17, 15) is 23.1 Å². The van der Waals surface area contributed by atoms with Gasteiger partial charge >= 0.3 is 0 Å². The summed E-state index contributed by atoms with van der Waals surface area (Å²) < 4.78 is 23.0. The highest BCUT2D eigenvalue weighted by atomic mass is 32.2. The lowest BCUT2D eigenvalue weighted by Gasteiger charge is -2.29. The molecular formula is C21H22N2O5S. The van der Waals surface area contributed by atoms with Crippen LogP contribution in [0.3, 0.4) is 0 Å². The first kappa shape index (κ1) is 20.8. The van der Waals surface area contributed by atoms with Gasteiger partial charge in [-0.1, -0.05) is 51.1 Å². The Morgan fingerprint density at radius 3 is 2.07 bits per heavy atom. The number of primary sulfonamides is 1. The molecule has 1 unspecified atom stereocenters. The predicted molar refractivity (Wildman–Crippen MR) is 109 cm³/mol. The van der Waals surface area contributed by atoms with Crippen LogP contribution in [0.1, 0.15) is 32.4 Å². The van der Waals surface area contributed by atoms with Crippen molar-refractivity contribution in [3.63, 3.8) is 0 Å². The molecule has 0 fully saturated rings. The van der Waals surface area contributed by atoms with Gasteiger partial charge in [0.05, 0.1) is 16.5 Å². The van der Waals surface area contributed by atoms with Crippen LogP contribution in [0.4, 0.5) is 5.69 Å². The van der Waals surface area contributed by atoms with Crippen LogP contribution in [0.25, 0.3) is 0 Å². The van der Waals surface area contributed by atoms with Gasteiger partial charge in [0.15, 0.2) is 11.5 Å². The second kappa shape index (κ2) is 7.13. The summed E-state index contributed by atoms with van der Waals surface area (Å²) >= 11 is 0. The monoisotopic (exact) mass is 414 g/mol. The first-order valence-corrected chi connectivity index (χ1v) is 10.5. The third-order valence-corrected chi connectivity index (χ3v) is 5.62. The third-order valence-electron chi connectivity index (χ3n) is 4.69. The maximum Gasteiger partial charge on any atom is 0.294 e. The summed E-state index contributed by atoms with van der Waals surface area (Å²) in [6.07, 6.45) is 0. The van der Waals surface area contributed by atoms with Crippen LogP contribution in [0.15, 0.2) is 70.8 Å². The number of aliphatic hydroxyl groups excluding tert-OH is 1. The van der Waals surface area contributed by atoms with E-state index in [4.69, 9.17) is 5.14 Å². The van der Waals surface area contributed by atoms with Gasteiger partial charge in [0.2, 0.25) is 10.0 Å². The van der Waals surface area contributed by atoms with Crippen molar-refractivity contribution in [2.75, 3.05) is 4.90 Å². The van der Waals surface area contributed by atoms with Gasteiger partial charge in [-0.05, 0) is 29.8 Å². The third kappa shape index (κ3) is 3.81. The molecule has 0 aliphatic carbocycles. The Bertz CT molecular complexity index is 1100. The van der Waals surface area contributed by atoms with E-state index in [-0.39, 0.29) is 16.3 Å². The van der Waals surface area contributed by atoms with Gasteiger partial charge in [-0.15, -0.1) is 0 Å². The molecule has 7 nitrogen and oxygen atoms in total. The standard InChI is InChI=1S/C21H22N2O5S/c1-21(2,3)19(25)16-17(13-7-5-4-6-8-13)23(20(26)18(16)24)14-9-11-15(12-10-14)29(22,27)28/h4-12,17,24H,1-3H3,(H2,22,27,28). The summed E-state index contributed by atoms with van der Waals surface area (Å²) in [6.45, 7) is 5.14. The minimum absolute atomic E-state index is 0.0178. The summed E-state index contributed by atoms with van der Waals surface area (Å²) in [7, 11) is -3.89. The SMILES string of the molecule is CC(C)(C)C(=O)C1=C(O)C(=O)N(c2ccc(S(N)(=O)=O)cc2)C1c1ccccc1. The Balaban J connectivity index is 2.17. The molecule has 1 amide bonds. The van der Waals surface area contributed by atoms with Gasteiger partial charge in [0.25, 0.3) is 5.91 Å². The van der Waals surface area contributed by atoms with E-state index in [0.717, 1.165) is 0 Å². The van der Waals surface area contributed by atoms with Crippen molar-refractivity contribution < 1.29 is 23.1 Å². The highest BCUT2D eigenvalue weighted by Gasteiger charge is 2.46. The molecule has 2 aromatic carbocycles. The second-order valence-electron chi connectivity index (χ2n) is 7.87. The van der Waals surface area contributed by atoms with Crippen LogP contribution < -0.4 is 10.0 Å². The Labute approximate surface area is 169 Å². The average Bonchev–Trinajstić information content (AvgIpc) is 2.91. The number of benzene rings is 2. The average molecular weight is 414 g/mol. The predicted octanol–water partition coefficient (Wildman–Crippen LogP) is 2.85. The zero-order chi connectivity index (χ0) is 21.6. The van der Waals surface area contributed by atoms with E-state index in [1.807, 2.05) is 0 Å². The van der Waals surface area contributed by atoms with E-state index in [0.29, 0.717) is 11.3 Å². The number of Topliss-reactive ketones (excluding diaryl/α,β-unsaturated/α-hetero) is 1. The molecule has 0 spiro atoms. The second-order valence-corrected chi connectivity index (χ2v) is 9.43. The Kier molecular flexibility index (Phi) is 5.10. The maximum atomic E-state index is 13.1. The number of carbonyl (C=O) groups excluding carboxylic acids is 2. The van der Waals surface area contributed by atoms with E-state index in [1.54, 1.807) is 51.1 Å². The topological polar surface area (TPSA) is 118 Å². The van der Waals surface area contributed by atoms with Crippen molar-refractivity contribution in [3.05, 3.63) is 71.5 Å². The molecule has 29 heavy (non-hydrogen) atoms. The number of nitrogens with zero attached hydrogens (tertiary/aromatic N) is 1. The minimum Gasteiger partial charge on any atom is -0.503 e. The van der Waals surface area contributed by atoms with Crippen LogP contribution in [0.2, 0.25) is 0 Å². The molecule has 1 heterocycles. The van der Waals surface area contributed by atoms with Crippen LogP contribution in [-0.4, -0.2) is 25.2 Å².